The highest BCUT2D eigenvalue weighted by atomic mass is 15.1. The lowest BCUT2D eigenvalue weighted by molar-refractivity contribution is 0.179. The Labute approximate surface area is 118 Å². The molecule has 1 saturated heterocycles. The van der Waals surface area contributed by atoms with Gasteiger partial charge in [-0.2, -0.15) is 0 Å². The van der Waals surface area contributed by atoms with Crippen molar-refractivity contribution in [3.05, 3.63) is 35.9 Å². The number of aryl methyl sites for hydroxylation is 1. The smallest absolute Gasteiger partial charge is 0.00792 e. The molecule has 2 unspecified atom stereocenters. The van der Waals surface area contributed by atoms with Crippen LogP contribution in [0.25, 0.3) is 0 Å². The molecule has 2 atom stereocenters. The van der Waals surface area contributed by atoms with E-state index in [0.29, 0.717) is 6.04 Å². The third-order valence-corrected chi connectivity index (χ3v) is 4.32. The van der Waals surface area contributed by atoms with Crippen molar-refractivity contribution in [2.24, 2.45) is 5.92 Å². The number of likely N-dealkylation sites (tertiary alicyclic amines) is 1. The van der Waals surface area contributed by atoms with Crippen LogP contribution in [0.5, 0.6) is 0 Å². The van der Waals surface area contributed by atoms with Crippen molar-refractivity contribution in [3.8, 4) is 0 Å². The molecule has 1 fully saturated rings. The van der Waals surface area contributed by atoms with E-state index in [1.54, 1.807) is 0 Å². The topological polar surface area (TPSA) is 15.3 Å². The molecular weight excluding hydrogens is 232 g/mol. The number of piperidine rings is 1. The zero-order valence-electron chi connectivity index (χ0n) is 12.4. The molecule has 19 heavy (non-hydrogen) atoms. The molecule has 0 saturated carbocycles. The fourth-order valence-electron chi connectivity index (χ4n) is 3.05. The lowest BCUT2D eigenvalue weighted by atomic mass is 9.92. The Bertz CT molecular complexity index is 350. The van der Waals surface area contributed by atoms with Crippen LogP contribution in [0.1, 0.15) is 31.7 Å². The standard InChI is InChI=1S/C17H28N2/c1-15(17-11-7-13-19(2)14-17)18-12-6-10-16-8-4-3-5-9-16/h3-5,8-9,15,17-18H,6-7,10-14H2,1-2H3. The van der Waals surface area contributed by atoms with Crippen molar-refractivity contribution in [1.82, 2.24) is 10.2 Å². The van der Waals surface area contributed by atoms with Crippen molar-refractivity contribution >= 4 is 0 Å². The first-order valence-electron chi connectivity index (χ1n) is 7.71. The summed E-state index contributed by atoms with van der Waals surface area (Å²) in [5.74, 6) is 0.829. The van der Waals surface area contributed by atoms with Crippen LogP contribution in [0.3, 0.4) is 0 Å². The van der Waals surface area contributed by atoms with Crippen molar-refractivity contribution in [1.29, 1.82) is 0 Å². The van der Waals surface area contributed by atoms with Crippen molar-refractivity contribution < 1.29 is 0 Å². The average Bonchev–Trinajstić information content (AvgIpc) is 2.44. The van der Waals surface area contributed by atoms with Crippen molar-refractivity contribution in [3.63, 3.8) is 0 Å². The number of rotatable bonds is 6. The van der Waals surface area contributed by atoms with E-state index < -0.39 is 0 Å². The normalized spacial score (nSPS) is 22.3. The Hall–Kier alpha value is -0.860. The van der Waals surface area contributed by atoms with E-state index in [1.165, 1.54) is 44.3 Å². The Morgan fingerprint density at radius 2 is 2.11 bits per heavy atom. The van der Waals surface area contributed by atoms with Gasteiger partial charge in [-0.25, -0.2) is 0 Å². The van der Waals surface area contributed by atoms with Gasteiger partial charge in [0.25, 0.3) is 0 Å². The molecular formula is C17H28N2. The summed E-state index contributed by atoms with van der Waals surface area (Å²) >= 11 is 0. The van der Waals surface area contributed by atoms with Gasteiger partial charge >= 0.3 is 0 Å². The van der Waals surface area contributed by atoms with Gasteiger partial charge in [-0.15, -0.1) is 0 Å². The summed E-state index contributed by atoms with van der Waals surface area (Å²) < 4.78 is 0. The van der Waals surface area contributed by atoms with E-state index in [9.17, 15) is 0 Å². The minimum absolute atomic E-state index is 0.651. The second-order valence-corrected chi connectivity index (χ2v) is 6.00. The first kappa shape index (κ1) is 14.5. The van der Waals surface area contributed by atoms with Crippen molar-refractivity contribution in [2.45, 2.75) is 38.6 Å². The highest BCUT2D eigenvalue weighted by Gasteiger charge is 2.21. The van der Waals surface area contributed by atoms with Gasteiger partial charge in [0, 0.05) is 12.6 Å². The number of nitrogens with zero attached hydrogens (tertiary/aromatic N) is 1. The number of benzene rings is 1. The van der Waals surface area contributed by atoms with Crippen LogP contribution >= 0.6 is 0 Å². The molecule has 106 valence electrons. The van der Waals surface area contributed by atoms with Gasteiger partial charge in [0.2, 0.25) is 0 Å². The van der Waals surface area contributed by atoms with Gasteiger partial charge in [-0.1, -0.05) is 30.3 Å². The summed E-state index contributed by atoms with van der Waals surface area (Å²) in [6.07, 6.45) is 5.16. The summed E-state index contributed by atoms with van der Waals surface area (Å²) in [6, 6.07) is 11.4. The summed E-state index contributed by atoms with van der Waals surface area (Å²) in [4.78, 5) is 2.47. The van der Waals surface area contributed by atoms with Gasteiger partial charge in [-0.3, -0.25) is 0 Å². The average molecular weight is 260 g/mol. The van der Waals surface area contributed by atoms with E-state index in [4.69, 9.17) is 0 Å². The maximum Gasteiger partial charge on any atom is 0.00792 e. The molecule has 2 nitrogen and oxygen atoms in total. The monoisotopic (exact) mass is 260 g/mol. The molecule has 1 aliphatic rings. The summed E-state index contributed by atoms with van der Waals surface area (Å²) in [6.45, 7) is 6.02. The fraction of sp³-hybridized carbons (Fsp3) is 0.647. The molecule has 0 aromatic heterocycles. The van der Waals surface area contributed by atoms with Crippen LogP contribution in [-0.2, 0) is 6.42 Å². The van der Waals surface area contributed by atoms with Crippen LogP contribution in [0.4, 0.5) is 0 Å². The second-order valence-electron chi connectivity index (χ2n) is 6.00. The number of hydrogen-bond donors (Lipinski definition) is 1. The van der Waals surface area contributed by atoms with Crippen LogP contribution in [0.15, 0.2) is 30.3 Å². The molecule has 1 aromatic carbocycles. The summed E-state index contributed by atoms with van der Waals surface area (Å²) in [7, 11) is 2.24. The van der Waals surface area contributed by atoms with Crippen LogP contribution in [-0.4, -0.2) is 37.6 Å². The van der Waals surface area contributed by atoms with Gasteiger partial charge < -0.3 is 10.2 Å². The molecule has 1 aliphatic heterocycles. The SMILES string of the molecule is CC(NCCCc1ccccc1)C1CCCN(C)C1. The molecule has 0 radical (unpaired) electrons. The molecule has 2 rings (SSSR count). The quantitative estimate of drug-likeness (QED) is 0.791. The van der Waals surface area contributed by atoms with Crippen LogP contribution in [0.2, 0.25) is 0 Å². The highest BCUT2D eigenvalue weighted by molar-refractivity contribution is 5.14. The van der Waals surface area contributed by atoms with E-state index in [0.717, 1.165) is 12.5 Å². The zero-order chi connectivity index (χ0) is 13.5. The number of hydrogen-bond acceptors (Lipinski definition) is 2. The fourth-order valence-corrected chi connectivity index (χ4v) is 3.05. The Morgan fingerprint density at radius 3 is 2.84 bits per heavy atom. The lowest BCUT2D eigenvalue weighted by Gasteiger charge is -2.34. The van der Waals surface area contributed by atoms with Gasteiger partial charge in [0.15, 0.2) is 0 Å². The van der Waals surface area contributed by atoms with Crippen LogP contribution < -0.4 is 5.32 Å². The molecule has 2 heteroatoms. The molecule has 1 N–H and O–H groups in total. The summed E-state index contributed by atoms with van der Waals surface area (Å²) in [5.41, 5.74) is 1.45. The van der Waals surface area contributed by atoms with E-state index in [-0.39, 0.29) is 0 Å². The predicted molar refractivity (Wildman–Crippen MR) is 82.4 cm³/mol. The van der Waals surface area contributed by atoms with E-state index >= 15 is 0 Å². The molecule has 0 aliphatic carbocycles. The third kappa shape index (κ3) is 4.96. The minimum Gasteiger partial charge on any atom is -0.314 e. The Kier molecular flexibility index (Phi) is 5.87. The van der Waals surface area contributed by atoms with Crippen LogP contribution in [0, 0.1) is 5.92 Å². The molecule has 0 bridgehead atoms. The highest BCUT2D eigenvalue weighted by Crippen LogP contribution is 2.18. The zero-order valence-corrected chi connectivity index (χ0v) is 12.4. The predicted octanol–water partition coefficient (Wildman–Crippen LogP) is 2.94. The van der Waals surface area contributed by atoms with E-state index in [2.05, 4.69) is 54.5 Å². The van der Waals surface area contributed by atoms with Crippen molar-refractivity contribution in [2.75, 3.05) is 26.7 Å². The largest absolute Gasteiger partial charge is 0.314 e. The second kappa shape index (κ2) is 7.66. The lowest BCUT2D eigenvalue weighted by Crippen LogP contribution is -2.43. The first-order chi connectivity index (χ1) is 9.25. The minimum atomic E-state index is 0.651. The van der Waals surface area contributed by atoms with Gasteiger partial charge in [-0.05, 0) is 64.2 Å². The first-order valence-corrected chi connectivity index (χ1v) is 7.71. The van der Waals surface area contributed by atoms with Gasteiger partial charge in [0.05, 0.1) is 0 Å². The molecule has 0 amide bonds. The van der Waals surface area contributed by atoms with E-state index in [1.807, 2.05) is 0 Å². The third-order valence-electron chi connectivity index (χ3n) is 4.32. The van der Waals surface area contributed by atoms with Gasteiger partial charge in [0.1, 0.15) is 0 Å². The molecule has 0 spiro atoms. The maximum atomic E-state index is 3.72. The summed E-state index contributed by atoms with van der Waals surface area (Å²) in [5, 5.41) is 3.72. The Morgan fingerprint density at radius 1 is 1.32 bits per heavy atom. The molecule has 1 heterocycles. The maximum absolute atomic E-state index is 3.72. The molecule has 1 aromatic rings. The number of nitrogens with one attached hydrogen (secondary N) is 1. The Balaban J connectivity index is 1.62.